The Bertz CT molecular complexity index is 629. The van der Waals surface area contributed by atoms with E-state index in [2.05, 4.69) is 20.6 Å². The zero-order chi connectivity index (χ0) is 15.2. The lowest BCUT2D eigenvalue weighted by atomic mass is 10.3. The number of nitrogens with one attached hydrogen (secondary N) is 2. The Labute approximate surface area is 126 Å². The van der Waals surface area contributed by atoms with Gasteiger partial charge in [0.25, 0.3) is 5.69 Å². The second-order valence-corrected chi connectivity index (χ2v) is 5.46. The van der Waals surface area contributed by atoms with Crippen LogP contribution in [0, 0.1) is 17.0 Å². The van der Waals surface area contributed by atoms with Crippen LogP contribution in [0.4, 0.5) is 17.3 Å². The van der Waals surface area contributed by atoms with Crippen LogP contribution in [0.1, 0.15) is 24.0 Å². The van der Waals surface area contributed by atoms with Crippen LogP contribution in [0.2, 0.25) is 0 Å². The van der Waals surface area contributed by atoms with Gasteiger partial charge < -0.3 is 10.6 Å². The van der Waals surface area contributed by atoms with E-state index in [1.54, 1.807) is 11.3 Å². The first-order valence-corrected chi connectivity index (χ1v) is 7.51. The van der Waals surface area contributed by atoms with Crippen LogP contribution in [-0.4, -0.2) is 21.4 Å². The van der Waals surface area contributed by atoms with Crippen molar-refractivity contribution >= 4 is 28.7 Å². The number of nitro groups is 1. The van der Waals surface area contributed by atoms with Crippen molar-refractivity contribution in [1.29, 1.82) is 0 Å². The van der Waals surface area contributed by atoms with E-state index in [4.69, 9.17) is 0 Å². The van der Waals surface area contributed by atoms with Gasteiger partial charge in [-0.2, -0.15) is 0 Å². The second-order valence-electron chi connectivity index (χ2n) is 4.52. The van der Waals surface area contributed by atoms with Crippen LogP contribution >= 0.6 is 11.3 Å². The number of thiazole rings is 1. The number of hydrogen-bond acceptors (Lipinski definition) is 7. The molecule has 2 aromatic rings. The van der Waals surface area contributed by atoms with E-state index >= 15 is 0 Å². The quantitative estimate of drug-likeness (QED) is 0.603. The first kappa shape index (κ1) is 15.2. The molecule has 0 spiro atoms. The standard InChI is InChI=1S/C13H17N5O2S/c1-3-4-14-11-5-10(18(19)20)6-12(17-11)15-7-13-16-9(2)8-21-13/h5-6,8H,3-4,7H2,1-2H3,(H2,14,15,17). The molecule has 2 rings (SSSR count). The van der Waals surface area contributed by atoms with E-state index in [1.165, 1.54) is 12.1 Å². The molecule has 2 heterocycles. The molecule has 0 amide bonds. The molecule has 112 valence electrons. The van der Waals surface area contributed by atoms with Crippen molar-refractivity contribution in [2.24, 2.45) is 0 Å². The van der Waals surface area contributed by atoms with Crippen LogP contribution < -0.4 is 10.6 Å². The number of aromatic nitrogens is 2. The van der Waals surface area contributed by atoms with Gasteiger partial charge in [0.1, 0.15) is 16.6 Å². The van der Waals surface area contributed by atoms with Crippen LogP contribution in [0.25, 0.3) is 0 Å². The summed E-state index contributed by atoms with van der Waals surface area (Å²) in [6, 6.07) is 2.87. The molecule has 0 aliphatic rings. The zero-order valence-corrected chi connectivity index (χ0v) is 12.7. The molecule has 0 aliphatic carbocycles. The highest BCUT2D eigenvalue weighted by Gasteiger charge is 2.11. The maximum absolute atomic E-state index is 11.0. The Hall–Kier alpha value is -2.22. The minimum atomic E-state index is -0.419. The first-order chi connectivity index (χ1) is 10.1. The van der Waals surface area contributed by atoms with Crippen molar-refractivity contribution in [3.05, 3.63) is 38.3 Å². The third kappa shape index (κ3) is 4.38. The molecule has 0 aliphatic heterocycles. The molecule has 0 bridgehead atoms. The Balaban J connectivity index is 2.12. The van der Waals surface area contributed by atoms with Gasteiger partial charge in [-0.25, -0.2) is 9.97 Å². The lowest BCUT2D eigenvalue weighted by Crippen LogP contribution is -2.07. The van der Waals surface area contributed by atoms with Crippen LogP contribution in [0.3, 0.4) is 0 Å². The Kier molecular flexibility index (Phi) is 5.04. The van der Waals surface area contributed by atoms with Crippen molar-refractivity contribution in [3.8, 4) is 0 Å². The van der Waals surface area contributed by atoms with Crippen LogP contribution in [0.5, 0.6) is 0 Å². The van der Waals surface area contributed by atoms with E-state index < -0.39 is 4.92 Å². The number of aryl methyl sites for hydroxylation is 1. The van der Waals surface area contributed by atoms with Gasteiger partial charge in [-0.3, -0.25) is 10.1 Å². The zero-order valence-electron chi connectivity index (χ0n) is 11.9. The lowest BCUT2D eigenvalue weighted by molar-refractivity contribution is -0.384. The highest BCUT2D eigenvalue weighted by atomic mass is 32.1. The molecular weight excluding hydrogens is 290 g/mol. The van der Waals surface area contributed by atoms with E-state index in [1.807, 2.05) is 19.2 Å². The molecule has 0 fully saturated rings. The van der Waals surface area contributed by atoms with E-state index in [0.717, 1.165) is 23.7 Å². The average Bonchev–Trinajstić information content (AvgIpc) is 2.88. The highest BCUT2D eigenvalue weighted by Crippen LogP contribution is 2.21. The molecule has 0 unspecified atom stereocenters. The number of pyridine rings is 1. The van der Waals surface area contributed by atoms with Gasteiger partial charge in [-0.15, -0.1) is 11.3 Å². The average molecular weight is 307 g/mol. The number of hydrogen-bond donors (Lipinski definition) is 2. The summed E-state index contributed by atoms with van der Waals surface area (Å²) in [7, 11) is 0. The summed E-state index contributed by atoms with van der Waals surface area (Å²) in [5.74, 6) is 0.972. The molecule has 21 heavy (non-hydrogen) atoms. The lowest BCUT2D eigenvalue weighted by Gasteiger charge is -2.08. The van der Waals surface area contributed by atoms with Crippen molar-refractivity contribution in [2.75, 3.05) is 17.2 Å². The fraction of sp³-hybridized carbons (Fsp3) is 0.385. The maximum Gasteiger partial charge on any atom is 0.276 e. The molecule has 0 radical (unpaired) electrons. The molecule has 0 atom stereocenters. The van der Waals surface area contributed by atoms with E-state index in [9.17, 15) is 10.1 Å². The minimum Gasteiger partial charge on any atom is -0.370 e. The van der Waals surface area contributed by atoms with Crippen molar-refractivity contribution in [3.63, 3.8) is 0 Å². The largest absolute Gasteiger partial charge is 0.370 e. The number of rotatable bonds is 7. The molecule has 0 saturated heterocycles. The predicted molar refractivity (Wildman–Crippen MR) is 83.8 cm³/mol. The highest BCUT2D eigenvalue weighted by molar-refractivity contribution is 7.09. The van der Waals surface area contributed by atoms with Crippen molar-refractivity contribution < 1.29 is 4.92 Å². The Morgan fingerprint density at radius 2 is 2.00 bits per heavy atom. The Morgan fingerprint density at radius 3 is 2.57 bits per heavy atom. The topological polar surface area (TPSA) is 93.0 Å². The summed E-state index contributed by atoms with van der Waals surface area (Å²) in [6.07, 6.45) is 0.922. The number of anilines is 2. The van der Waals surface area contributed by atoms with Gasteiger partial charge in [0, 0.05) is 17.6 Å². The summed E-state index contributed by atoms with van der Waals surface area (Å²) in [4.78, 5) is 19.2. The predicted octanol–water partition coefficient (Wildman–Crippen LogP) is 3.19. The SMILES string of the molecule is CCCNc1cc([N+](=O)[O-])cc(NCc2nc(C)cs2)n1. The summed E-state index contributed by atoms with van der Waals surface area (Å²) in [6.45, 7) is 5.17. The fourth-order valence-electron chi connectivity index (χ4n) is 1.71. The smallest absolute Gasteiger partial charge is 0.276 e. The molecule has 0 saturated carbocycles. The van der Waals surface area contributed by atoms with Gasteiger partial charge in [-0.05, 0) is 13.3 Å². The van der Waals surface area contributed by atoms with Crippen LogP contribution in [0.15, 0.2) is 17.5 Å². The van der Waals surface area contributed by atoms with Gasteiger partial charge in [0.2, 0.25) is 0 Å². The molecule has 2 aromatic heterocycles. The van der Waals surface area contributed by atoms with Gasteiger partial charge in [0.15, 0.2) is 0 Å². The second kappa shape index (κ2) is 6.98. The van der Waals surface area contributed by atoms with Gasteiger partial charge in [-0.1, -0.05) is 6.92 Å². The summed E-state index contributed by atoms with van der Waals surface area (Å²) >= 11 is 1.55. The van der Waals surface area contributed by atoms with E-state index in [-0.39, 0.29) is 5.69 Å². The van der Waals surface area contributed by atoms with Crippen molar-refractivity contribution in [2.45, 2.75) is 26.8 Å². The van der Waals surface area contributed by atoms with Gasteiger partial charge in [0.05, 0.1) is 23.6 Å². The minimum absolute atomic E-state index is 0.0152. The molecule has 0 aromatic carbocycles. The normalized spacial score (nSPS) is 10.4. The van der Waals surface area contributed by atoms with E-state index in [0.29, 0.717) is 18.2 Å². The third-order valence-electron chi connectivity index (χ3n) is 2.66. The van der Waals surface area contributed by atoms with Crippen LogP contribution in [-0.2, 0) is 6.54 Å². The molecule has 7 nitrogen and oxygen atoms in total. The summed E-state index contributed by atoms with van der Waals surface area (Å²) in [5, 5.41) is 20.0. The van der Waals surface area contributed by atoms with Gasteiger partial charge >= 0.3 is 0 Å². The third-order valence-corrected chi connectivity index (χ3v) is 3.63. The first-order valence-electron chi connectivity index (χ1n) is 6.63. The molecule has 8 heteroatoms. The maximum atomic E-state index is 11.0. The summed E-state index contributed by atoms with van der Waals surface area (Å²) in [5.41, 5.74) is 0.982. The fourth-order valence-corrected chi connectivity index (χ4v) is 2.42. The van der Waals surface area contributed by atoms with Crippen molar-refractivity contribution in [1.82, 2.24) is 9.97 Å². The molecule has 2 N–H and O–H groups in total. The number of nitrogens with zero attached hydrogens (tertiary/aromatic N) is 3. The monoisotopic (exact) mass is 307 g/mol. The Morgan fingerprint density at radius 1 is 1.29 bits per heavy atom. The summed E-state index contributed by atoms with van der Waals surface area (Å²) < 4.78 is 0. The molecular formula is C13H17N5O2S.